The van der Waals surface area contributed by atoms with Gasteiger partial charge in [-0.3, -0.25) is 4.99 Å². The van der Waals surface area contributed by atoms with Gasteiger partial charge < -0.3 is 5.73 Å². The van der Waals surface area contributed by atoms with Gasteiger partial charge in [-0.05, 0) is 6.42 Å². The van der Waals surface area contributed by atoms with E-state index < -0.39 is 10.0 Å². The molecule has 4 N–H and O–H groups in total. The fourth-order valence-corrected chi connectivity index (χ4v) is 1.70. The zero-order valence-corrected chi connectivity index (χ0v) is 9.65. The van der Waals surface area contributed by atoms with Crippen molar-refractivity contribution in [3.8, 4) is 0 Å². The van der Waals surface area contributed by atoms with Crippen molar-refractivity contribution in [3.05, 3.63) is 35.9 Å². The van der Waals surface area contributed by atoms with Crippen molar-refractivity contribution in [2.75, 3.05) is 12.3 Å². The molecule has 0 saturated carbocycles. The summed E-state index contributed by atoms with van der Waals surface area (Å²) in [7, 11) is -3.40. The Balaban J connectivity index is 2.47. The van der Waals surface area contributed by atoms with E-state index in [9.17, 15) is 8.42 Å². The van der Waals surface area contributed by atoms with Crippen molar-refractivity contribution in [2.45, 2.75) is 6.42 Å². The van der Waals surface area contributed by atoms with E-state index in [0.717, 1.165) is 5.56 Å². The minimum absolute atomic E-state index is 0.0709. The van der Waals surface area contributed by atoms with Gasteiger partial charge in [0.05, 0.1) is 5.75 Å². The second kappa shape index (κ2) is 5.62. The van der Waals surface area contributed by atoms with Crippen molar-refractivity contribution >= 4 is 15.9 Å². The summed E-state index contributed by atoms with van der Waals surface area (Å²) in [5.74, 6) is 0.341. The standard InChI is InChI=1S/C10H15N3O2S/c11-10(9-5-2-1-3-6-9)13-7-4-8-16(12,14)15/h1-3,5-6H,4,7-8H2,(H2,11,13)(H2,12,14,15). The molecule has 1 rings (SSSR count). The Labute approximate surface area is 95.2 Å². The molecule has 5 nitrogen and oxygen atoms in total. The summed E-state index contributed by atoms with van der Waals surface area (Å²) >= 11 is 0. The molecule has 0 amide bonds. The lowest BCUT2D eigenvalue weighted by atomic mass is 10.2. The van der Waals surface area contributed by atoms with Gasteiger partial charge in [0.25, 0.3) is 0 Å². The maximum atomic E-state index is 10.6. The minimum Gasteiger partial charge on any atom is -0.384 e. The van der Waals surface area contributed by atoms with Crippen LogP contribution in [0.2, 0.25) is 0 Å². The first-order chi connectivity index (χ1) is 7.49. The summed E-state index contributed by atoms with van der Waals surface area (Å²) in [4.78, 5) is 4.07. The molecule has 16 heavy (non-hydrogen) atoms. The van der Waals surface area contributed by atoms with Crippen LogP contribution in [0.25, 0.3) is 0 Å². The van der Waals surface area contributed by atoms with Gasteiger partial charge in [-0.25, -0.2) is 13.6 Å². The van der Waals surface area contributed by atoms with E-state index in [1.807, 2.05) is 30.3 Å². The van der Waals surface area contributed by atoms with Crippen LogP contribution in [0.3, 0.4) is 0 Å². The van der Waals surface area contributed by atoms with Crippen molar-refractivity contribution in [3.63, 3.8) is 0 Å². The van der Waals surface area contributed by atoms with Crippen molar-refractivity contribution in [1.29, 1.82) is 0 Å². The second-order valence-corrected chi connectivity index (χ2v) is 5.09. The van der Waals surface area contributed by atoms with Crippen LogP contribution in [0.1, 0.15) is 12.0 Å². The third kappa shape index (κ3) is 4.90. The van der Waals surface area contributed by atoms with E-state index in [0.29, 0.717) is 18.8 Å². The average molecular weight is 241 g/mol. The zero-order chi connectivity index (χ0) is 12.0. The van der Waals surface area contributed by atoms with Crippen LogP contribution in [0.4, 0.5) is 0 Å². The molecule has 0 bridgehead atoms. The summed E-state index contributed by atoms with van der Waals surface area (Å²) < 4.78 is 21.3. The first-order valence-corrected chi connectivity index (χ1v) is 6.56. The Morgan fingerprint density at radius 2 is 1.88 bits per heavy atom. The summed E-state index contributed by atoms with van der Waals surface area (Å²) in [6.45, 7) is 0.358. The SMILES string of the molecule is NC(=NCCCS(N)(=O)=O)c1ccccc1. The molecule has 0 aromatic heterocycles. The molecule has 0 fully saturated rings. The van der Waals surface area contributed by atoms with Crippen LogP contribution < -0.4 is 10.9 Å². The van der Waals surface area contributed by atoms with E-state index in [1.165, 1.54) is 0 Å². The van der Waals surface area contributed by atoms with Crippen molar-refractivity contribution in [2.24, 2.45) is 15.9 Å². The van der Waals surface area contributed by atoms with Gasteiger partial charge in [-0.15, -0.1) is 0 Å². The molecule has 1 aromatic rings. The number of rotatable bonds is 5. The molecule has 0 aliphatic rings. The lowest BCUT2D eigenvalue weighted by molar-refractivity contribution is 0.595. The predicted molar refractivity (Wildman–Crippen MR) is 64.6 cm³/mol. The van der Waals surface area contributed by atoms with Gasteiger partial charge in [-0.1, -0.05) is 30.3 Å². The van der Waals surface area contributed by atoms with Gasteiger partial charge in [0.15, 0.2) is 0 Å². The first-order valence-electron chi connectivity index (χ1n) is 4.85. The van der Waals surface area contributed by atoms with Crippen LogP contribution in [0.5, 0.6) is 0 Å². The van der Waals surface area contributed by atoms with Crippen LogP contribution in [0.15, 0.2) is 35.3 Å². The Morgan fingerprint density at radius 1 is 1.25 bits per heavy atom. The highest BCUT2D eigenvalue weighted by Crippen LogP contribution is 1.98. The van der Waals surface area contributed by atoms with E-state index >= 15 is 0 Å². The number of aliphatic imine (C=N–C) groups is 1. The third-order valence-electron chi connectivity index (χ3n) is 1.94. The summed E-state index contributed by atoms with van der Waals surface area (Å²) in [5.41, 5.74) is 6.55. The van der Waals surface area contributed by atoms with Crippen LogP contribution in [-0.4, -0.2) is 26.6 Å². The zero-order valence-electron chi connectivity index (χ0n) is 8.83. The summed E-state index contributed by atoms with van der Waals surface area (Å²) in [6, 6.07) is 9.30. The topological polar surface area (TPSA) is 98.5 Å². The Bertz CT molecular complexity index is 454. The molecular weight excluding hydrogens is 226 g/mol. The van der Waals surface area contributed by atoms with E-state index in [1.54, 1.807) is 0 Å². The number of sulfonamides is 1. The number of benzene rings is 1. The van der Waals surface area contributed by atoms with Crippen LogP contribution in [0, 0.1) is 0 Å². The fraction of sp³-hybridized carbons (Fsp3) is 0.300. The molecule has 1 aromatic carbocycles. The second-order valence-electron chi connectivity index (χ2n) is 3.35. The number of nitrogens with two attached hydrogens (primary N) is 2. The Hall–Kier alpha value is -1.40. The normalized spacial score (nSPS) is 12.7. The highest BCUT2D eigenvalue weighted by Gasteiger charge is 2.01. The maximum absolute atomic E-state index is 10.6. The molecule has 0 unspecified atom stereocenters. The van der Waals surface area contributed by atoms with Crippen LogP contribution in [-0.2, 0) is 10.0 Å². The quantitative estimate of drug-likeness (QED) is 0.433. The number of primary sulfonamides is 1. The number of hydrogen-bond donors (Lipinski definition) is 2. The van der Waals surface area contributed by atoms with Gasteiger partial charge >= 0.3 is 0 Å². The average Bonchev–Trinajstić information content (AvgIpc) is 2.24. The molecule has 0 saturated heterocycles. The summed E-state index contributed by atoms with van der Waals surface area (Å²) in [5, 5.41) is 4.86. The monoisotopic (exact) mass is 241 g/mol. The van der Waals surface area contributed by atoms with Gasteiger partial charge in [0.1, 0.15) is 5.84 Å². The smallest absolute Gasteiger partial charge is 0.209 e. The first kappa shape index (κ1) is 12.7. The molecule has 6 heteroatoms. The van der Waals surface area contributed by atoms with Gasteiger partial charge in [0.2, 0.25) is 10.0 Å². The molecule has 0 atom stereocenters. The molecule has 0 spiro atoms. The largest absolute Gasteiger partial charge is 0.384 e. The number of amidine groups is 1. The molecule has 0 aliphatic heterocycles. The summed E-state index contributed by atoms with van der Waals surface area (Å²) in [6.07, 6.45) is 0.381. The van der Waals surface area contributed by atoms with E-state index in [-0.39, 0.29) is 5.75 Å². The molecular formula is C10H15N3O2S. The number of nitrogens with zero attached hydrogens (tertiary/aromatic N) is 1. The van der Waals surface area contributed by atoms with Crippen molar-refractivity contribution in [1.82, 2.24) is 0 Å². The predicted octanol–water partition coefficient (Wildman–Crippen LogP) is 0.0705. The molecule has 0 heterocycles. The lowest BCUT2D eigenvalue weighted by Gasteiger charge is -2.00. The molecule has 0 radical (unpaired) electrons. The van der Waals surface area contributed by atoms with Crippen LogP contribution >= 0.6 is 0 Å². The Morgan fingerprint density at radius 3 is 2.44 bits per heavy atom. The van der Waals surface area contributed by atoms with E-state index in [2.05, 4.69) is 4.99 Å². The fourth-order valence-electron chi connectivity index (χ4n) is 1.17. The highest BCUT2D eigenvalue weighted by atomic mass is 32.2. The lowest BCUT2D eigenvalue weighted by Crippen LogP contribution is -2.18. The van der Waals surface area contributed by atoms with Crippen molar-refractivity contribution < 1.29 is 8.42 Å². The molecule has 0 aliphatic carbocycles. The van der Waals surface area contributed by atoms with Gasteiger partial charge in [0, 0.05) is 12.1 Å². The number of hydrogen-bond acceptors (Lipinski definition) is 3. The van der Waals surface area contributed by atoms with E-state index in [4.69, 9.17) is 10.9 Å². The molecule has 88 valence electrons. The third-order valence-corrected chi connectivity index (χ3v) is 2.80. The van der Waals surface area contributed by atoms with Gasteiger partial charge in [-0.2, -0.15) is 0 Å². The Kier molecular flexibility index (Phi) is 4.45. The minimum atomic E-state index is -3.40. The highest BCUT2D eigenvalue weighted by molar-refractivity contribution is 7.89. The maximum Gasteiger partial charge on any atom is 0.209 e.